The third-order valence-corrected chi connectivity index (χ3v) is 3.47. The molecule has 1 aliphatic carbocycles. The first-order valence-electron chi connectivity index (χ1n) is 6.13. The van der Waals surface area contributed by atoms with Crippen LogP contribution in [0.15, 0.2) is 0 Å². The van der Waals surface area contributed by atoms with Gasteiger partial charge in [-0.1, -0.05) is 12.8 Å². The molecular formula is C13H24N2. The molecule has 0 aromatic carbocycles. The van der Waals surface area contributed by atoms with Crippen molar-refractivity contribution < 1.29 is 0 Å². The maximum Gasteiger partial charge on any atom is 0.0684 e. The van der Waals surface area contributed by atoms with Crippen LogP contribution in [0.5, 0.6) is 0 Å². The third-order valence-electron chi connectivity index (χ3n) is 3.47. The summed E-state index contributed by atoms with van der Waals surface area (Å²) in [6, 6.07) is 2.36. The minimum atomic E-state index is -0.163. The summed E-state index contributed by atoms with van der Waals surface area (Å²) in [4.78, 5) is 2.40. The molecular weight excluding hydrogens is 184 g/mol. The molecule has 2 heteroatoms. The van der Waals surface area contributed by atoms with E-state index in [9.17, 15) is 0 Å². The zero-order valence-corrected chi connectivity index (χ0v) is 10.4. The van der Waals surface area contributed by atoms with Gasteiger partial charge in [0.15, 0.2) is 0 Å². The van der Waals surface area contributed by atoms with Gasteiger partial charge in [-0.3, -0.25) is 0 Å². The van der Waals surface area contributed by atoms with E-state index in [4.69, 9.17) is 5.26 Å². The summed E-state index contributed by atoms with van der Waals surface area (Å²) < 4.78 is 0. The monoisotopic (exact) mass is 208 g/mol. The Kier molecular flexibility index (Phi) is 4.60. The summed E-state index contributed by atoms with van der Waals surface area (Å²) in [5.74, 6) is 0.917. The molecule has 0 bridgehead atoms. The van der Waals surface area contributed by atoms with Gasteiger partial charge in [0.1, 0.15) is 0 Å². The lowest BCUT2D eigenvalue weighted by molar-refractivity contribution is 0.249. The Labute approximate surface area is 94.3 Å². The molecule has 0 radical (unpaired) electrons. The van der Waals surface area contributed by atoms with E-state index in [2.05, 4.69) is 18.0 Å². The maximum atomic E-state index is 8.92. The molecule has 0 aromatic heterocycles. The normalized spacial score (nSPS) is 18.3. The highest BCUT2D eigenvalue weighted by Gasteiger charge is 2.20. The topological polar surface area (TPSA) is 27.0 Å². The molecule has 1 rings (SSSR count). The van der Waals surface area contributed by atoms with Crippen molar-refractivity contribution in [1.29, 1.82) is 5.26 Å². The van der Waals surface area contributed by atoms with Crippen LogP contribution in [0.2, 0.25) is 0 Å². The standard InChI is InChI=1S/C13H24N2/c1-13(2,11-14)8-9-15(3)10-12-6-4-5-7-12/h12H,4-10H2,1-3H3. The van der Waals surface area contributed by atoms with Crippen molar-refractivity contribution >= 4 is 0 Å². The smallest absolute Gasteiger partial charge is 0.0684 e. The molecule has 0 spiro atoms. The zero-order valence-electron chi connectivity index (χ0n) is 10.4. The first-order valence-corrected chi connectivity index (χ1v) is 6.13. The van der Waals surface area contributed by atoms with Crippen LogP contribution in [-0.4, -0.2) is 25.0 Å². The lowest BCUT2D eigenvalue weighted by atomic mass is 9.91. The quantitative estimate of drug-likeness (QED) is 0.694. The molecule has 1 saturated carbocycles. The Morgan fingerprint density at radius 3 is 2.47 bits per heavy atom. The fraction of sp³-hybridized carbons (Fsp3) is 0.923. The predicted molar refractivity (Wildman–Crippen MR) is 63.5 cm³/mol. The fourth-order valence-electron chi connectivity index (χ4n) is 2.25. The van der Waals surface area contributed by atoms with Crippen molar-refractivity contribution in [2.24, 2.45) is 11.3 Å². The summed E-state index contributed by atoms with van der Waals surface area (Å²) in [5.41, 5.74) is -0.163. The molecule has 1 aliphatic rings. The summed E-state index contributed by atoms with van der Waals surface area (Å²) in [6.45, 7) is 6.32. The van der Waals surface area contributed by atoms with Gasteiger partial charge in [0.05, 0.1) is 11.5 Å². The fourth-order valence-corrected chi connectivity index (χ4v) is 2.25. The van der Waals surface area contributed by atoms with Gasteiger partial charge in [-0.2, -0.15) is 5.26 Å². The van der Waals surface area contributed by atoms with Crippen LogP contribution in [-0.2, 0) is 0 Å². The number of rotatable bonds is 5. The first kappa shape index (κ1) is 12.5. The maximum absolute atomic E-state index is 8.92. The van der Waals surface area contributed by atoms with Crippen LogP contribution >= 0.6 is 0 Å². The van der Waals surface area contributed by atoms with Gasteiger partial charge < -0.3 is 4.90 Å². The molecule has 0 aliphatic heterocycles. The molecule has 1 fully saturated rings. The van der Waals surface area contributed by atoms with Gasteiger partial charge >= 0.3 is 0 Å². The molecule has 0 N–H and O–H groups in total. The van der Waals surface area contributed by atoms with Gasteiger partial charge in [0.2, 0.25) is 0 Å². The van der Waals surface area contributed by atoms with Crippen molar-refractivity contribution in [3.05, 3.63) is 0 Å². The van der Waals surface area contributed by atoms with Crippen LogP contribution in [0.1, 0.15) is 46.0 Å². The third kappa shape index (κ3) is 4.66. The van der Waals surface area contributed by atoms with Crippen molar-refractivity contribution in [2.75, 3.05) is 20.1 Å². The van der Waals surface area contributed by atoms with Crippen molar-refractivity contribution in [3.8, 4) is 6.07 Å². The van der Waals surface area contributed by atoms with E-state index in [-0.39, 0.29) is 5.41 Å². The van der Waals surface area contributed by atoms with Gasteiger partial charge in [-0.05, 0) is 52.6 Å². The van der Waals surface area contributed by atoms with Crippen LogP contribution in [0.25, 0.3) is 0 Å². The SMILES string of the molecule is CN(CCC(C)(C)C#N)CC1CCCC1. The molecule has 0 heterocycles. The Balaban J connectivity index is 2.18. The molecule has 0 atom stereocenters. The number of hydrogen-bond donors (Lipinski definition) is 0. The van der Waals surface area contributed by atoms with E-state index in [1.54, 1.807) is 0 Å². The van der Waals surface area contributed by atoms with Gasteiger partial charge in [-0.25, -0.2) is 0 Å². The first-order chi connectivity index (χ1) is 7.03. The largest absolute Gasteiger partial charge is 0.306 e. The van der Waals surface area contributed by atoms with Crippen LogP contribution < -0.4 is 0 Å². The highest BCUT2D eigenvalue weighted by atomic mass is 15.1. The Morgan fingerprint density at radius 2 is 1.93 bits per heavy atom. The Morgan fingerprint density at radius 1 is 1.33 bits per heavy atom. The highest BCUT2D eigenvalue weighted by Crippen LogP contribution is 2.26. The summed E-state index contributed by atoms with van der Waals surface area (Å²) in [6.07, 6.45) is 6.63. The van der Waals surface area contributed by atoms with Crippen molar-refractivity contribution in [2.45, 2.75) is 46.0 Å². The number of hydrogen-bond acceptors (Lipinski definition) is 2. The summed E-state index contributed by atoms with van der Waals surface area (Å²) in [7, 11) is 2.19. The molecule has 0 aromatic rings. The van der Waals surface area contributed by atoms with Crippen LogP contribution in [0.3, 0.4) is 0 Å². The molecule has 0 amide bonds. The second-order valence-electron chi connectivity index (χ2n) is 5.66. The van der Waals surface area contributed by atoms with Gasteiger partial charge in [0.25, 0.3) is 0 Å². The minimum Gasteiger partial charge on any atom is -0.306 e. The average molecular weight is 208 g/mol. The van der Waals surface area contributed by atoms with Gasteiger partial charge in [-0.15, -0.1) is 0 Å². The van der Waals surface area contributed by atoms with E-state index in [1.807, 2.05) is 13.8 Å². The predicted octanol–water partition coefficient (Wildman–Crippen LogP) is 3.05. The Hall–Kier alpha value is -0.550. The second-order valence-corrected chi connectivity index (χ2v) is 5.66. The summed E-state index contributed by atoms with van der Waals surface area (Å²) in [5, 5.41) is 8.92. The average Bonchev–Trinajstić information content (AvgIpc) is 2.68. The Bertz CT molecular complexity index is 221. The van der Waals surface area contributed by atoms with Crippen molar-refractivity contribution in [3.63, 3.8) is 0 Å². The second kappa shape index (κ2) is 5.51. The highest BCUT2D eigenvalue weighted by molar-refractivity contribution is 4.92. The lowest BCUT2D eigenvalue weighted by Crippen LogP contribution is -2.28. The lowest BCUT2D eigenvalue weighted by Gasteiger charge is -2.24. The number of nitrogens with zero attached hydrogens (tertiary/aromatic N) is 2. The van der Waals surface area contributed by atoms with Crippen LogP contribution in [0, 0.1) is 22.7 Å². The van der Waals surface area contributed by atoms with E-state index < -0.39 is 0 Å². The molecule has 0 saturated heterocycles. The van der Waals surface area contributed by atoms with E-state index in [0.717, 1.165) is 18.9 Å². The number of nitriles is 1. The van der Waals surface area contributed by atoms with E-state index >= 15 is 0 Å². The molecule has 2 nitrogen and oxygen atoms in total. The van der Waals surface area contributed by atoms with E-state index in [1.165, 1.54) is 32.2 Å². The van der Waals surface area contributed by atoms with Crippen LogP contribution in [0.4, 0.5) is 0 Å². The van der Waals surface area contributed by atoms with Crippen molar-refractivity contribution in [1.82, 2.24) is 4.90 Å². The summed E-state index contributed by atoms with van der Waals surface area (Å²) >= 11 is 0. The molecule has 15 heavy (non-hydrogen) atoms. The van der Waals surface area contributed by atoms with E-state index in [0.29, 0.717) is 0 Å². The minimum absolute atomic E-state index is 0.163. The molecule has 86 valence electrons. The zero-order chi connectivity index (χ0) is 11.3. The molecule has 0 unspecified atom stereocenters. The van der Waals surface area contributed by atoms with Gasteiger partial charge in [0, 0.05) is 6.54 Å².